The maximum atomic E-state index is 13.6. The SMILES string of the molecule is CC(=NC(=O)CN=C1C2=CC(F)=CCC2OCCN1C)N(C)C. The van der Waals surface area contributed by atoms with E-state index in [4.69, 9.17) is 4.74 Å². The summed E-state index contributed by atoms with van der Waals surface area (Å²) < 4.78 is 19.3. The van der Waals surface area contributed by atoms with Crippen molar-refractivity contribution in [1.29, 1.82) is 0 Å². The van der Waals surface area contributed by atoms with E-state index < -0.39 is 0 Å². The number of nitrogens with zero attached hydrogens (tertiary/aromatic N) is 4. The molecule has 1 heterocycles. The number of allylic oxidation sites excluding steroid dienone is 2. The van der Waals surface area contributed by atoms with E-state index in [2.05, 4.69) is 9.98 Å². The zero-order chi connectivity index (χ0) is 17.0. The van der Waals surface area contributed by atoms with Crippen LogP contribution in [0.4, 0.5) is 4.39 Å². The standard InChI is InChI=1S/C16H23FN4O2/c1-11(20(2)3)19-15(22)10-18-16-13-9-12(17)5-6-14(13)23-8-7-21(16)4/h5,9,14H,6-8,10H2,1-4H3. The minimum atomic E-state index is -0.328. The lowest BCUT2D eigenvalue weighted by atomic mass is 9.99. The van der Waals surface area contributed by atoms with E-state index in [1.807, 2.05) is 26.0 Å². The molecule has 7 heteroatoms. The number of fused-ring (bicyclic) bond motifs is 1. The van der Waals surface area contributed by atoms with Crippen LogP contribution in [0.3, 0.4) is 0 Å². The van der Waals surface area contributed by atoms with Gasteiger partial charge in [0.25, 0.3) is 5.91 Å². The Hall–Kier alpha value is -2.02. The first-order chi connectivity index (χ1) is 10.9. The average molecular weight is 322 g/mol. The fraction of sp³-hybridized carbons (Fsp3) is 0.562. The summed E-state index contributed by atoms with van der Waals surface area (Å²) in [5.41, 5.74) is 0.686. The molecule has 1 aliphatic carbocycles. The molecule has 0 aromatic rings. The second kappa shape index (κ2) is 7.50. The third kappa shape index (κ3) is 4.48. The highest BCUT2D eigenvalue weighted by Gasteiger charge is 2.28. The lowest BCUT2D eigenvalue weighted by molar-refractivity contribution is -0.116. The summed E-state index contributed by atoms with van der Waals surface area (Å²) in [6, 6.07) is 0. The molecule has 1 atom stereocenters. The molecule has 1 unspecified atom stereocenters. The molecule has 23 heavy (non-hydrogen) atoms. The molecule has 0 spiro atoms. The summed E-state index contributed by atoms with van der Waals surface area (Å²) in [6.07, 6.45) is 3.22. The lowest BCUT2D eigenvalue weighted by Crippen LogP contribution is -2.31. The zero-order valence-electron chi connectivity index (χ0n) is 14.0. The molecule has 1 aliphatic heterocycles. The van der Waals surface area contributed by atoms with Gasteiger partial charge >= 0.3 is 0 Å². The predicted molar refractivity (Wildman–Crippen MR) is 88.4 cm³/mol. The largest absolute Gasteiger partial charge is 0.371 e. The normalized spacial score (nSPS) is 23.9. The Kier molecular flexibility index (Phi) is 5.65. The number of hydrogen-bond acceptors (Lipinski definition) is 3. The van der Waals surface area contributed by atoms with Crippen molar-refractivity contribution >= 4 is 17.6 Å². The van der Waals surface area contributed by atoms with Crippen molar-refractivity contribution in [3.05, 3.63) is 23.6 Å². The Labute approximate surface area is 136 Å². The van der Waals surface area contributed by atoms with Gasteiger partial charge in [-0.25, -0.2) is 4.39 Å². The molecule has 1 amide bonds. The molecule has 2 rings (SSSR count). The monoisotopic (exact) mass is 322 g/mol. The van der Waals surface area contributed by atoms with Gasteiger partial charge in [0.15, 0.2) is 0 Å². The molecule has 126 valence electrons. The number of amidine groups is 2. The molecule has 0 aromatic heterocycles. The molecule has 1 saturated heterocycles. The van der Waals surface area contributed by atoms with Crippen LogP contribution in [0.2, 0.25) is 0 Å². The first-order valence-electron chi connectivity index (χ1n) is 7.58. The fourth-order valence-electron chi connectivity index (χ4n) is 2.34. The molecule has 2 aliphatic rings. The van der Waals surface area contributed by atoms with Crippen molar-refractivity contribution in [2.75, 3.05) is 40.8 Å². The van der Waals surface area contributed by atoms with Gasteiger partial charge in [0.1, 0.15) is 24.0 Å². The summed E-state index contributed by atoms with van der Waals surface area (Å²) in [6.45, 7) is 2.87. The molecular weight excluding hydrogens is 299 g/mol. The molecule has 0 bridgehead atoms. The van der Waals surface area contributed by atoms with Crippen molar-refractivity contribution in [2.24, 2.45) is 9.98 Å². The van der Waals surface area contributed by atoms with Crippen LogP contribution in [-0.2, 0) is 9.53 Å². The van der Waals surface area contributed by atoms with Crippen molar-refractivity contribution in [1.82, 2.24) is 9.80 Å². The van der Waals surface area contributed by atoms with Gasteiger partial charge in [0.05, 0.1) is 12.7 Å². The number of amides is 1. The number of halogens is 1. The van der Waals surface area contributed by atoms with E-state index in [0.29, 0.717) is 36.8 Å². The first kappa shape index (κ1) is 17.3. The van der Waals surface area contributed by atoms with Crippen molar-refractivity contribution in [2.45, 2.75) is 19.4 Å². The van der Waals surface area contributed by atoms with Crippen molar-refractivity contribution < 1.29 is 13.9 Å². The van der Waals surface area contributed by atoms with Crippen LogP contribution in [0.5, 0.6) is 0 Å². The average Bonchev–Trinajstić information content (AvgIpc) is 2.63. The molecule has 0 radical (unpaired) electrons. The van der Waals surface area contributed by atoms with Crippen molar-refractivity contribution in [3.8, 4) is 0 Å². The topological polar surface area (TPSA) is 57.5 Å². The maximum absolute atomic E-state index is 13.6. The van der Waals surface area contributed by atoms with Gasteiger partial charge in [-0.1, -0.05) is 0 Å². The highest BCUT2D eigenvalue weighted by atomic mass is 19.1. The van der Waals surface area contributed by atoms with E-state index in [1.165, 1.54) is 12.2 Å². The molecular formula is C16H23FN4O2. The Bertz CT molecular complexity index is 593. The van der Waals surface area contributed by atoms with Crippen LogP contribution >= 0.6 is 0 Å². The third-order valence-electron chi connectivity index (χ3n) is 3.83. The smallest absolute Gasteiger partial charge is 0.269 e. The minimum absolute atomic E-state index is 0.0692. The number of likely N-dealkylation sites (N-methyl/N-ethyl adjacent to an activating group) is 1. The molecule has 6 nitrogen and oxygen atoms in total. The van der Waals surface area contributed by atoms with Crippen LogP contribution in [0.15, 0.2) is 33.5 Å². The quantitative estimate of drug-likeness (QED) is 0.570. The van der Waals surface area contributed by atoms with Crippen LogP contribution < -0.4 is 0 Å². The number of carbonyl (C=O) groups excluding carboxylic acids is 1. The summed E-state index contributed by atoms with van der Waals surface area (Å²) in [4.78, 5) is 23.9. The van der Waals surface area contributed by atoms with Gasteiger partial charge < -0.3 is 14.5 Å². The highest BCUT2D eigenvalue weighted by molar-refractivity contribution is 6.01. The minimum Gasteiger partial charge on any atom is -0.371 e. The van der Waals surface area contributed by atoms with E-state index in [1.54, 1.807) is 11.8 Å². The Morgan fingerprint density at radius 3 is 2.96 bits per heavy atom. The summed E-state index contributed by atoms with van der Waals surface area (Å²) in [7, 11) is 5.50. The summed E-state index contributed by atoms with van der Waals surface area (Å²) in [5.74, 6) is 0.597. The number of hydrogen-bond donors (Lipinski definition) is 0. The van der Waals surface area contributed by atoms with Crippen LogP contribution in [-0.4, -0.2) is 74.3 Å². The number of carbonyl (C=O) groups is 1. The van der Waals surface area contributed by atoms with Gasteiger partial charge in [-0.2, -0.15) is 4.99 Å². The van der Waals surface area contributed by atoms with Gasteiger partial charge in [-0.15, -0.1) is 0 Å². The lowest BCUT2D eigenvalue weighted by Gasteiger charge is -2.23. The second-order valence-electron chi connectivity index (χ2n) is 5.79. The number of rotatable bonds is 2. The Morgan fingerprint density at radius 2 is 2.26 bits per heavy atom. The number of aliphatic imine (C=N–C) groups is 2. The van der Waals surface area contributed by atoms with E-state index in [0.717, 1.165) is 0 Å². The molecule has 0 N–H and O–H groups in total. The number of ether oxygens (including phenoxy) is 1. The van der Waals surface area contributed by atoms with Gasteiger partial charge in [-0.3, -0.25) is 9.79 Å². The van der Waals surface area contributed by atoms with E-state index in [9.17, 15) is 9.18 Å². The van der Waals surface area contributed by atoms with E-state index >= 15 is 0 Å². The van der Waals surface area contributed by atoms with Gasteiger partial charge in [0, 0.05) is 33.3 Å². The Morgan fingerprint density at radius 1 is 1.52 bits per heavy atom. The van der Waals surface area contributed by atoms with Crippen molar-refractivity contribution in [3.63, 3.8) is 0 Å². The molecule has 0 aromatic carbocycles. The summed E-state index contributed by atoms with van der Waals surface area (Å²) >= 11 is 0. The van der Waals surface area contributed by atoms with Crippen LogP contribution in [0.1, 0.15) is 13.3 Å². The van der Waals surface area contributed by atoms with Gasteiger partial charge in [0.2, 0.25) is 0 Å². The van der Waals surface area contributed by atoms with E-state index in [-0.39, 0.29) is 24.4 Å². The fourth-order valence-corrected chi connectivity index (χ4v) is 2.34. The second-order valence-corrected chi connectivity index (χ2v) is 5.79. The first-order valence-corrected chi connectivity index (χ1v) is 7.58. The maximum Gasteiger partial charge on any atom is 0.269 e. The predicted octanol–water partition coefficient (Wildman–Crippen LogP) is 1.41. The van der Waals surface area contributed by atoms with Gasteiger partial charge in [-0.05, 0) is 25.5 Å². The summed E-state index contributed by atoms with van der Waals surface area (Å²) in [5, 5.41) is 0. The van der Waals surface area contributed by atoms with Crippen LogP contribution in [0, 0.1) is 0 Å². The molecule has 1 fully saturated rings. The van der Waals surface area contributed by atoms with Crippen LogP contribution in [0.25, 0.3) is 0 Å². The molecule has 0 saturated carbocycles. The highest BCUT2D eigenvalue weighted by Crippen LogP contribution is 2.25. The zero-order valence-corrected chi connectivity index (χ0v) is 14.0. The third-order valence-corrected chi connectivity index (χ3v) is 3.83. The Balaban J connectivity index is 2.21.